The number of sulfone groups is 1. The molecule has 1 N–H and O–H groups in total. The maximum atomic E-state index is 12.5. The maximum absolute atomic E-state index is 12.5. The van der Waals surface area contributed by atoms with E-state index in [1.54, 1.807) is 4.90 Å². The molecule has 1 aromatic rings. The van der Waals surface area contributed by atoms with E-state index in [9.17, 15) is 13.2 Å². The van der Waals surface area contributed by atoms with Gasteiger partial charge in [-0.25, -0.2) is 8.42 Å². The molecule has 2 aliphatic heterocycles. The molecule has 2 aliphatic rings. The lowest BCUT2D eigenvalue weighted by atomic mass is 10.2. The lowest BCUT2D eigenvalue weighted by Crippen LogP contribution is -2.47. The second kappa shape index (κ2) is 5.55. The summed E-state index contributed by atoms with van der Waals surface area (Å²) in [5, 5.41) is 3.17. The Kier molecular flexibility index (Phi) is 3.75. The van der Waals surface area contributed by atoms with Gasteiger partial charge in [0, 0.05) is 13.1 Å². The molecule has 0 aliphatic carbocycles. The quantitative estimate of drug-likeness (QED) is 0.818. The van der Waals surface area contributed by atoms with E-state index in [1.807, 2.05) is 24.3 Å². The van der Waals surface area contributed by atoms with Crippen LogP contribution in [0.25, 0.3) is 0 Å². The topological polar surface area (TPSA) is 75.7 Å². The zero-order chi connectivity index (χ0) is 14.9. The number of rotatable bonds is 1. The Labute approximate surface area is 124 Å². The van der Waals surface area contributed by atoms with Gasteiger partial charge in [-0.1, -0.05) is 12.1 Å². The molecule has 1 amide bonds. The Morgan fingerprint density at radius 2 is 2.05 bits per heavy atom. The molecule has 0 radical (unpaired) electrons. The van der Waals surface area contributed by atoms with E-state index in [0.717, 1.165) is 5.69 Å². The number of carbonyl (C=O) groups is 1. The number of nitrogens with one attached hydrogen (secondary N) is 1. The van der Waals surface area contributed by atoms with Gasteiger partial charge in [0.15, 0.2) is 15.9 Å². The second-order valence-electron chi connectivity index (χ2n) is 5.31. The summed E-state index contributed by atoms with van der Waals surface area (Å²) < 4.78 is 28.9. The highest BCUT2D eigenvalue weighted by Gasteiger charge is 2.31. The predicted octanol–water partition coefficient (Wildman–Crippen LogP) is 0.507. The van der Waals surface area contributed by atoms with Crippen LogP contribution in [-0.4, -0.2) is 56.5 Å². The molecular formula is C14H18N2O4S. The van der Waals surface area contributed by atoms with Crippen LogP contribution in [0.5, 0.6) is 5.75 Å². The summed E-state index contributed by atoms with van der Waals surface area (Å²) >= 11 is 0. The van der Waals surface area contributed by atoms with E-state index in [1.165, 1.54) is 0 Å². The minimum Gasteiger partial charge on any atom is -0.477 e. The molecule has 0 saturated carbocycles. The fourth-order valence-electron chi connectivity index (χ4n) is 2.61. The number of fused-ring (bicyclic) bond motifs is 1. The lowest BCUT2D eigenvalue weighted by Gasteiger charge is -2.30. The minimum atomic E-state index is -3.02. The molecule has 1 atom stereocenters. The van der Waals surface area contributed by atoms with Gasteiger partial charge >= 0.3 is 0 Å². The number of anilines is 1. The van der Waals surface area contributed by atoms with Crippen molar-refractivity contribution in [1.82, 2.24) is 4.90 Å². The highest BCUT2D eigenvalue weighted by Crippen LogP contribution is 2.28. The molecule has 114 valence electrons. The Morgan fingerprint density at radius 1 is 1.24 bits per heavy atom. The summed E-state index contributed by atoms with van der Waals surface area (Å²) in [5.74, 6) is 0.706. The summed E-state index contributed by atoms with van der Waals surface area (Å²) in [6, 6.07) is 7.46. The van der Waals surface area contributed by atoms with E-state index in [0.29, 0.717) is 25.3 Å². The maximum Gasteiger partial charge on any atom is 0.265 e. The molecule has 0 spiro atoms. The van der Waals surface area contributed by atoms with Crippen molar-refractivity contribution in [1.29, 1.82) is 0 Å². The normalized spacial score (nSPS) is 24.2. The van der Waals surface area contributed by atoms with E-state index in [-0.39, 0.29) is 24.0 Å². The molecule has 1 unspecified atom stereocenters. The third-order valence-electron chi connectivity index (χ3n) is 3.78. The van der Waals surface area contributed by atoms with Crippen molar-refractivity contribution in [2.24, 2.45) is 0 Å². The van der Waals surface area contributed by atoms with Crippen LogP contribution in [-0.2, 0) is 14.6 Å². The first-order chi connectivity index (χ1) is 10.1. The monoisotopic (exact) mass is 310 g/mol. The van der Waals surface area contributed by atoms with Crippen molar-refractivity contribution in [2.75, 3.05) is 36.5 Å². The van der Waals surface area contributed by atoms with Crippen LogP contribution in [0.4, 0.5) is 5.69 Å². The molecule has 1 aromatic carbocycles. The largest absolute Gasteiger partial charge is 0.477 e. The second-order valence-corrected chi connectivity index (χ2v) is 7.62. The molecule has 7 heteroatoms. The molecule has 6 nitrogen and oxygen atoms in total. The van der Waals surface area contributed by atoms with Crippen LogP contribution in [0.2, 0.25) is 0 Å². The van der Waals surface area contributed by atoms with E-state index < -0.39 is 15.9 Å². The van der Waals surface area contributed by atoms with Crippen LogP contribution in [0.1, 0.15) is 6.42 Å². The minimum absolute atomic E-state index is 0.0372. The average molecular weight is 310 g/mol. The van der Waals surface area contributed by atoms with Crippen molar-refractivity contribution < 1.29 is 17.9 Å². The zero-order valence-electron chi connectivity index (χ0n) is 11.6. The predicted molar refractivity (Wildman–Crippen MR) is 79.2 cm³/mol. The van der Waals surface area contributed by atoms with Crippen LogP contribution in [0, 0.1) is 0 Å². The van der Waals surface area contributed by atoms with Gasteiger partial charge in [0.2, 0.25) is 0 Å². The number of amides is 1. The van der Waals surface area contributed by atoms with Crippen LogP contribution in [0.3, 0.4) is 0 Å². The number of benzene rings is 1. The first kappa shape index (κ1) is 14.2. The summed E-state index contributed by atoms with van der Waals surface area (Å²) in [7, 11) is -3.02. The Bertz CT molecular complexity index is 644. The summed E-state index contributed by atoms with van der Waals surface area (Å²) in [4.78, 5) is 14.1. The van der Waals surface area contributed by atoms with Crippen molar-refractivity contribution in [3.05, 3.63) is 24.3 Å². The highest BCUT2D eigenvalue weighted by atomic mass is 32.2. The molecule has 1 fully saturated rings. The summed E-state index contributed by atoms with van der Waals surface area (Å²) in [5.41, 5.74) is 0.875. The van der Waals surface area contributed by atoms with Gasteiger partial charge in [-0.15, -0.1) is 0 Å². The SMILES string of the molecule is O=C(C1CNc2ccccc2O1)N1CCCS(=O)(=O)CC1. The third-order valence-corrected chi connectivity index (χ3v) is 5.49. The number of nitrogens with zero attached hydrogens (tertiary/aromatic N) is 1. The number of hydrogen-bond acceptors (Lipinski definition) is 5. The number of carbonyl (C=O) groups excluding carboxylic acids is 1. The Hall–Kier alpha value is -1.76. The molecule has 2 heterocycles. The smallest absolute Gasteiger partial charge is 0.265 e. The number of ether oxygens (including phenoxy) is 1. The van der Waals surface area contributed by atoms with Gasteiger partial charge in [0.1, 0.15) is 5.75 Å². The molecule has 21 heavy (non-hydrogen) atoms. The van der Waals surface area contributed by atoms with Crippen LogP contribution >= 0.6 is 0 Å². The van der Waals surface area contributed by atoms with Crippen molar-refractivity contribution in [2.45, 2.75) is 12.5 Å². The van der Waals surface area contributed by atoms with Gasteiger partial charge in [0.25, 0.3) is 5.91 Å². The molecule has 3 rings (SSSR count). The standard InChI is InChI=1S/C14H18N2O4S/c17-14(16-6-3-8-21(18,19)9-7-16)13-10-15-11-4-1-2-5-12(11)20-13/h1-2,4-5,13,15H,3,6-10H2. The summed E-state index contributed by atoms with van der Waals surface area (Å²) in [6.45, 7) is 1.13. The zero-order valence-corrected chi connectivity index (χ0v) is 12.4. The average Bonchev–Trinajstić information content (AvgIpc) is 2.67. The number of para-hydroxylation sites is 2. The van der Waals surface area contributed by atoms with Gasteiger partial charge in [-0.05, 0) is 18.6 Å². The van der Waals surface area contributed by atoms with Crippen LogP contribution in [0.15, 0.2) is 24.3 Å². The van der Waals surface area contributed by atoms with Crippen molar-refractivity contribution >= 4 is 21.4 Å². The van der Waals surface area contributed by atoms with Gasteiger partial charge in [0.05, 0.1) is 23.7 Å². The molecule has 0 bridgehead atoms. The van der Waals surface area contributed by atoms with Gasteiger partial charge in [-0.3, -0.25) is 4.79 Å². The van der Waals surface area contributed by atoms with Crippen LogP contribution < -0.4 is 10.1 Å². The molecule has 0 aromatic heterocycles. The van der Waals surface area contributed by atoms with E-state index in [2.05, 4.69) is 5.32 Å². The lowest BCUT2D eigenvalue weighted by molar-refractivity contribution is -0.138. The summed E-state index contributed by atoms with van der Waals surface area (Å²) in [6.07, 6.45) is -0.106. The van der Waals surface area contributed by atoms with E-state index >= 15 is 0 Å². The fraction of sp³-hybridized carbons (Fsp3) is 0.500. The highest BCUT2D eigenvalue weighted by molar-refractivity contribution is 7.91. The Balaban J connectivity index is 1.69. The first-order valence-electron chi connectivity index (χ1n) is 7.04. The first-order valence-corrected chi connectivity index (χ1v) is 8.86. The van der Waals surface area contributed by atoms with Gasteiger partial charge < -0.3 is 15.0 Å². The van der Waals surface area contributed by atoms with E-state index in [4.69, 9.17) is 4.74 Å². The number of hydrogen-bond donors (Lipinski definition) is 1. The van der Waals surface area contributed by atoms with Crippen molar-refractivity contribution in [3.8, 4) is 5.75 Å². The fourth-order valence-corrected chi connectivity index (χ4v) is 3.88. The van der Waals surface area contributed by atoms with Gasteiger partial charge in [-0.2, -0.15) is 0 Å². The van der Waals surface area contributed by atoms with Crippen molar-refractivity contribution in [3.63, 3.8) is 0 Å². The Morgan fingerprint density at radius 3 is 2.90 bits per heavy atom. The third kappa shape index (κ3) is 3.12. The molecule has 1 saturated heterocycles. The molecular weight excluding hydrogens is 292 g/mol.